The van der Waals surface area contributed by atoms with Crippen LogP contribution in [0, 0.1) is 28.9 Å². The smallest absolute Gasteiger partial charge is 0.258 e. The highest BCUT2D eigenvalue weighted by molar-refractivity contribution is 5.44. The van der Waals surface area contributed by atoms with Gasteiger partial charge in [0.1, 0.15) is 6.20 Å². The number of azide groups is 1. The lowest BCUT2D eigenvalue weighted by Crippen LogP contribution is -1.93. The Kier molecular flexibility index (Phi) is 4.48. The third-order valence-electron chi connectivity index (χ3n) is 1.91. The first-order chi connectivity index (χ1) is 8.15. The minimum atomic E-state index is -0.516. The Balaban J connectivity index is 2.85. The van der Waals surface area contributed by atoms with E-state index < -0.39 is 4.92 Å². The Labute approximate surface area is 97.3 Å². The highest BCUT2D eigenvalue weighted by Gasteiger charge is 2.07. The van der Waals surface area contributed by atoms with Crippen molar-refractivity contribution in [1.82, 2.24) is 4.98 Å². The van der Waals surface area contributed by atoms with E-state index in [1.807, 2.05) is 0 Å². The van der Waals surface area contributed by atoms with Crippen molar-refractivity contribution in [2.24, 2.45) is 5.11 Å². The molecule has 17 heavy (non-hydrogen) atoms. The fourth-order valence-corrected chi connectivity index (χ4v) is 1.06. The average molecular weight is 231 g/mol. The van der Waals surface area contributed by atoms with Gasteiger partial charge in [-0.1, -0.05) is 17.0 Å². The normalized spacial score (nSPS) is 8.76. The molecule has 0 fully saturated rings. The van der Waals surface area contributed by atoms with Gasteiger partial charge in [-0.3, -0.25) is 15.1 Å². The Bertz CT molecular complexity index is 537. The van der Waals surface area contributed by atoms with E-state index >= 15 is 0 Å². The highest BCUT2D eigenvalue weighted by atomic mass is 16.6. The highest BCUT2D eigenvalue weighted by Crippen LogP contribution is 2.13. The second-order valence-electron chi connectivity index (χ2n) is 3.09. The summed E-state index contributed by atoms with van der Waals surface area (Å²) in [6, 6.07) is 1.38. The lowest BCUT2D eigenvalue weighted by Gasteiger charge is -1.96. The number of nitro groups is 1. The van der Waals surface area contributed by atoms with Crippen molar-refractivity contribution in [2.45, 2.75) is 13.3 Å². The molecule has 0 spiro atoms. The van der Waals surface area contributed by atoms with Crippen molar-refractivity contribution in [3.63, 3.8) is 0 Å². The summed E-state index contributed by atoms with van der Waals surface area (Å²) in [6.07, 6.45) is 1.60. The zero-order valence-electron chi connectivity index (χ0n) is 9.12. The third-order valence-corrected chi connectivity index (χ3v) is 1.91. The zero-order chi connectivity index (χ0) is 12.7. The van der Waals surface area contributed by atoms with Crippen LogP contribution in [0.15, 0.2) is 17.4 Å². The summed E-state index contributed by atoms with van der Waals surface area (Å²) < 4.78 is 0. The predicted molar refractivity (Wildman–Crippen MR) is 61.1 cm³/mol. The first-order valence-electron chi connectivity index (χ1n) is 4.76. The van der Waals surface area contributed by atoms with E-state index in [0.29, 0.717) is 17.7 Å². The number of hydrogen-bond donors (Lipinski definition) is 0. The number of hydrogen-bond acceptors (Lipinski definition) is 4. The largest absolute Gasteiger partial charge is 0.288 e. The molecule has 0 aliphatic carbocycles. The van der Waals surface area contributed by atoms with Gasteiger partial charge in [-0.25, -0.2) is 0 Å². The number of aromatic nitrogens is 1. The van der Waals surface area contributed by atoms with Crippen molar-refractivity contribution in [1.29, 1.82) is 0 Å². The first kappa shape index (κ1) is 12.5. The van der Waals surface area contributed by atoms with Gasteiger partial charge in [-0.2, -0.15) is 0 Å². The molecule has 86 valence electrons. The van der Waals surface area contributed by atoms with Gasteiger partial charge in [0.15, 0.2) is 0 Å². The molecular formula is C10H9N5O2. The van der Waals surface area contributed by atoms with Crippen LogP contribution in [-0.4, -0.2) is 16.5 Å². The molecule has 1 heterocycles. The Morgan fingerprint density at radius 3 is 3.12 bits per heavy atom. The van der Waals surface area contributed by atoms with Gasteiger partial charge in [-0.15, -0.1) is 0 Å². The number of aryl methyl sites for hydroxylation is 1. The van der Waals surface area contributed by atoms with Crippen LogP contribution < -0.4 is 0 Å². The fraction of sp³-hybridized carbons (Fsp3) is 0.300. The zero-order valence-corrected chi connectivity index (χ0v) is 9.12. The topological polar surface area (TPSA) is 105 Å². The molecule has 0 aromatic carbocycles. The van der Waals surface area contributed by atoms with Gasteiger partial charge in [0.25, 0.3) is 5.69 Å². The maximum Gasteiger partial charge on any atom is 0.288 e. The summed E-state index contributed by atoms with van der Waals surface area (Å²) >= 11 is 0. The van der Waals surface area contributed by atoms with E-state index in [9.17, 15) is 10.1 Å². The van der Waals surface area contributed by atoms with Crippen molar-refractivity contribution in [3.05, 3.63) is 44.1 Å². The number of nitrogens with zero attached hydrogens (tertiary/aromatic N) is 5. The molecule has 0 N–H and O–H groups in total. The van der Waals surface area contributed by atoms with Crippen molar-refractivity contribution >= 4 is 5.69 Å². The molecule has 0 bridgehead atoms. The summed E-state index contributed by atoms with van der Waals surface area (Å²) in [5.41, 5.74) is 9.11. The molecule has 0 atom stereocenters. The SMILES string of the molecule is Cc1ncc([N+](=O)[O-])cc1C#CCCN=[N+]=[N-]. The van der Waals surface area contributed by atoms with Crippen LogP contribution in [-0.2, 0) is 0 Å². The predicted octanol–water partition coefficient (Wildman–Crippen LogP) is 2.35. The summed E-state index contributed by atoms with van der Waals surface area (Å²) in [4.78, 5) is 16.5. The van der Waals surface area contributed by atoms with Crippen LogP contribution in [0.4, 0.5) is 5.69 Å². The Hall–Kier alpha value is -2.58. The molecule has 0 aliphatic heterocycles. The van der Waals surface area contributed by atoms with E-state index in [0.717, 1.165) is 0 Å². The lowest BCUT2D eigenvalue weighted by atomic mass is 10.2. The molecule has 0 saturated heterocycles. The van der Waals surface area contributed by atoms with Gasteiger partial charge in [0, 0.05) is 23.9 Å². The molecule has 0 amide bonds. The lowest BCUT2D eigenvalue weighted by molar-refractivity contribution is -0.385. The molecular weight excluding hydrogens is 222 g/mol. The van der Waals surface area contributed by atoms with Crippen LogP contribution in [0.1, 0.15) is 17.7 Å². The minimum absolute atomic E-state index is 0.0880. The van der Waals surface area contributed by atoms with Gasteiger partial charge in [0.2, 0.25) is 0 Å². The van der Waals surface area contributed by atoms with Crippen LogP contribution in [0.25, 0.3) is 10.4 Å². The molecule has 0 aliphatic rings. The molecule has 1 rings (SSSR count). The van der Waals surface area contributed by atoms with Gasteiger partial charge in [0.05, 0.1) is 16.2 Å². The average Bonchev–Trinajstić information content (AvgIpc) is 2.30. The third kappa shape index (κ3) is 3.81. The van der Waals surface area contributed by atoms with E-state index in [1.165, 1.54) is 12.3 Å². The molecule has 0 saturated carbocycles. The maximum atomic E-state index is 10.5. The Morgan fingerprint density at radius 1 is 1.71 bits per heavy atom. The summed E-state index contributed by atoms with van der Waals surface area (Å²) in [5.74, 6) is 5.53. The summed E-state index contributed by atoms with van der Waals surface area (Å²) in [6.45, 7) is 2.01. The van der Waals surface area contributed by atoms with E-state index in [2.05, 4.69) is 26.9 Å². The molecule has 1 aromatic heterocycles. The maximum absolute atomic E-state index is 10.5. The molecule has 7 nitrogen and oxygen atoms in total. The molecule has 1 aromatic rings. The monoisotopic (exact) mass is 231 g/mol. The van der Waals surface area contributed by atoms with E-state index in [-0.39, 0.29) is 12.2 Å². The molecule has 7 heteroatoms. The van der Waals surface area contributed by atoms with Crippen LogP contribution in [0.3, 0.4) is 0 Å². The second-order valence-corrected chi connectivity index (χ2v) is 3.09. The first-order valence-corrected chi connectivity index (χ1v) is 4.76. The number of pyridine rings is 1. The van der Waals surface area contributed by atoms with Crippen molar-refractivity contribution in [3.8, 4) is 11.8 Å². The van der Waals surface area contributed by atoms with Crippen molar-refractivity contribution in [2.75, 3.05) is 6.54 Å². The fourth-order valence-electron chi connectivity index (χ4n) is 1.06. The van der Waals surface area contributed by atoms with Crippen LogP contribution >= 0.6 is 0 Å². The summed E-state index contributed by atoms with van der Waals surface area (Å²) in [7, 11) is 0. The van der Waals surface area contributed by atoms with Crippen LogP contribution in [0.2, 0.25) is 0 Å². The van der Waals surface area contributed by atoms with E-state index in [1.54, 1.807) is 6.92 Å². The quantitative estimate of drug-likeness (QED) is 0.151. The molecule has 0 radical (unpaired) electrons. The Morgan fingerprint density at radius 2 is 2.47 bits per heavy atom. The van der Waals surface area contributed by atoms with Gasteiger partial charge < -0.3 is 0 Å². The minimum Gasteiger partial charge on any atom is -0.258 e. The molecule has 0 unspecified atom stereocenters. The van der Waals surface area contributed by atoms with Gasteiger partial charge >= 0.3 is 0 Å². The van der Waals surface area contributed by atoms with E-state index in [4.69, 9.17) is 5.53 Å². The van der Waals surface area contributed by atoms with Crippen molar-refractivity contribution < 1.29 is 4.92 Å². The van der Waals surface area contributed by atoms with Gasteiger partial charge in [-0.05, 0) is 12.5 Å². The second kappa shape index (κ2) is 6.10. The number of rotatable bonds is 3. The standard InChI is InChI=1S/C10H9N5O2/c1-8-9(4-2-3-5-13-14-11)6-10(7-12-8)15(16)17/h6-7H,3,5H2,1H3. The van der Waals surface area contributed by atoms with Crippen LogP contribution in [0.5, 0.6) is 0 Å². The summed E-state index contributed by atoms with van der Waals surface area (Å²) in [5, 5.41) is 13.9.